The summed E-state index contributed by atoms with van der Waals surface area (Å²) in [6.07, 6.45) is 0. The lowest BCUT2D eigenvalue weighted by molar-refractivity contribution is 0.669. The molecule has 55 heavy (non-hydrogen) atoms. The van der Waals surface area contributed by atoms with E-state index in [2.05, 4.69) is 42.5 Å². The number of anilines is 3. The molecule has 0 bridgehead atoms. The molecule has 11 rings (SSSR count). The SMILES string of the molecule is [2H]c1c([2H])c(N(c2ccc(-c3ccccc3)cc2)c2ccccc2-c2cccc3oc4cc5ccccc5cc4c23)c([2H])c([2H])c1-c1cccc2c1oc1ccccc12. The van der Waals surface area contributed by atoms with Gasteiger partial charge in [-0.25, -0.2) is 0 Å². The van der Waals surface area contributed by atoms with Gasteiger partial charge in [-0.05, 0) is 87.6 Å². The minimum Gasteiger partial charge on any atom is -0.456 e. The molecule has 9 aromatic carbocycles. The number of hydrogen-bond acceptors (Lipinski definition) is 3. The van der Waals surface area contributed by atoms with Crippen LogP contribution in [-0.2, 0) is 0 Å². The summed E-state index contributed by atoms with van der Waals surface area (Å²) in [5.74, 6) is 0. The summed E-state index contributed by atoms with van der Waals surface area (Å²) in [6, 6.07) is 57.4. The number of hydrogen-bond donors (Lipinski definition) is 0. The summed E-state index contributed by atoms with van der Waals surface area (Å²) in [5.41, 5.74) is 8.77. The first-order valence-corrected chi connectivity index (χ1v) is 18.3. The summed E-state index contributed by atoms with van der Waals surface area (Å²) in [6.45, 7) is 0. The molecule has 2 heterocycles. The molecule has 0 aliphatic carbocycles. The third-order valence-electron chi connectivity index (χ3n) is 10.5. The van der Waals surface area contributed by atoms with E-state index in [-0.39, 0.29) is 35.4 Å². The third-order valence-corrected chi connectivity index (χ3v) is 10.5. The second-order valence-electron chi connectivity index (χ2n) is 13.7. The van der Waals surface area contributed by atoms with Gasteiger partial charge in [0.1, 0.15) is 22.3 Å². The molecule has 3 heteroatoms. The minimum absolute atomic E-state index is 0.135. The third kappa shape index (κ3) is 5.20. The van der Waals surface area contributed by atoms with Crippen LogP contribution < -0.4 is 4.90 Å². The van der Waals surface area contributed by atoms with Crippen molar-refractivity contribution in [1.29, 1.82) is 0 Å². The van der Waals surface area contributed by atoms with Crippen molar-refractivity contribution >= 4 is 71.7 Å². The number of rotatable bonds is 6. The fourth-order valence-corrected chi connectivity index (χ4v) is 7.95. The fraction of sp³-hybridized carbons (Fsp3) is 0. The zero-order valence-electron chi connectivity index (χ0n) is 33.5. The van der Waals surface area contributed by atoms with Gasteiger partial charge in [-0.3, -0.25) is 0 Å². The molecule has 0 amide bonds. The molecular formula is C52H33NO2. The average Bonchev–Trinajstić information content (AvgIpc) is 3.85. The second-order valence-corrected chi connectivity index (χ2v) is 13.7. The summed E-state index contributed by atoms with van der Waals surface area (Å²) >= 11 is 0. The van der Waals surface area contributed by atoms with E-state index in [1.54, 1.807) is 0 Å². The maximum absolute atomic E-state index is 9.73. The lowest BCUT2D eigenvalue weighted by Gasteiger charge is -2.28. The van der Waals surface area contributed by atoms with E-state index in [0.29, 0.717) is 28.1 Å². The quantitative estimate of drug-likeness (QED) is 0.172. The maximum atomic E-state index is 9.73. The van der Waals surface area contributed by atoms with E-state index in [1.165, 1.54) is 0 Å². The van der Waals surface area contributed by atoms with Crippen molar-refractivity contribution in [3.05, 3.63) is 200 Å². The summed E-state index contributed by atoms with van der Waals surface area (Å²) in [7, 11) is 0. The fourth-order valence-electron chi connectivity index (χ4n) is 7.95. The Labute approximate surface area is 323 Å². The van der Waals surface area contributed by atoms with E-state index in [4.69, 9.17) is 8.83 Å². The highest BCUT2D eigenvalue weighted by molar-refractivity contribution is 6.17. The maximum Gasteiger partial charge on any atom is 0.143 e. The highest BCUT2D eigenvalue weighted by atomic mass is 16.3. The highest BCUT2D eigenvalue weighted by Gasteiger charge is 2.21. The van der Waals surface area contributed by atoms with Crippen molar-refractivity contribution in [2.75, 3.05) is 4.90 Å². The van der Waals surface area contributed by atoms with Gasteiger partial charge in [0.2, 0.25) is 0 Å². The number of nitrogens with zero attached hydrogens (tertiary/aromatic N) is 1. The van der Waals surface area contributed by atoms with Crippen LogP contribution in [0.5, 0.6) is 0 Å². The van der Waals surface area contributed by atoms with Gasteiger partial charge in [-0.1, -0.05) is 146 Å². The molecule has 0 N–H and O–H groups in total. The van der Waals surface area contributed by atoms with Gasteiger partial charge < -0.3 is 13.7 Å². The first kappa shape index (κ1) is 27.3. The molecule has 0 radical (unpaired) electrons. The second kappa shape index (κ2) is 12.6. The Bertz CT molecular complexity index is 3410. The van der Waals surface area contributed by atoms with Gasteiger partial charge in [0, 0.05) is 44.0 Å². The van der Waals surface area contributed by atoms with Crippen LogP contribution in [0.3, 0.4) is 0 Å². The lowest BCUT2D eigenvalue weighted by atomic mass is 9.96. The monoisotopic (exact) mass is 707 g/mol. The molecule has 0 unspecified atom stereocenters. The number of furan rings is 2. The Kier molecular flexibility index (Phi) is 6.27. The molecule has 0 saturated carbocycles. The first-order chi connectivity index (χ1) is 28.9. The van der Waals surface area contributed by atoms with Crippen molar-refractivity contribution < 1.29 is 14.3 Å². The lowest BCUT2D eigenvalue weighted by Crippen LogP contribution is -2.11. The molecular weight excluding hydrogens is 671 g/mol. The average molecular weight is 708 g/mol. The molecule has 3 nitrogen and oxygen atoms in total. The van der Waals surface area contributed by atoms with Crippen molar-refractivity contribution in [3.63, 3.8) is 0 Å². The van der Waals surface area contributed by atoms with Crippen molar-refractivity contribution in [2.45, 2.75) is 0 Å². The Morgan fingerprint density at radius 1 is 0.382 bits per heavy atom. The topological polar surface area (TPSA) is 29.5 Å². The van der Waals surface area contributed by atoms with Gasteiger partial charge in [-0.15, -0.1) is 0 Å². The van der Waals surface area contributed by atoms with Crippen molar-refractivity contribution in [2.24, 2.45) is 0 Å². The van der Waals surface area contributed by atoms with E-state index < -0.39 is 0 Å². The summed E-state index contributed by atoms with van der Waals surface area (Å²) < 4.78 is 51.4. The zero-order chi connectivity index (χ0) is 39.8. The molecule has 258 valence electrons. The van der Waals surface area contributed by atoms with Crippen LogP contribution in [-0.4, -0.2) is 0 Å². The molecule has 0 fully saturated rings. The predicted octanol–water partition coefficient (Wildman–Crippen LogP) is 15.1. The van der Waals surface area contributed by atoms with Gasteiger partial charge in [-0.2, -0.15) is 0 Å². The summed E-state index contributed by atoms with van der Waals surface area (Å²) in [5, 5.41) is 5.90. The van der Waals surface area contributed by atoms with Crippen molar-refractivity contribution in [1.82, 2.24) is 0 Å². The first-order valence-electron chi connectivity index (χ1n) is 20.3. The molecule has 0 aliphatic heterocycles. The van der Waals surface area contributed by atoms with Gasteiger partial charge in [0.05, 0.1) is 11.2 Å². The number of benzene rings is 9. The Hall–Kier alpha value is -7.36. The zero-order valence-corrected chi connectivity index (χ0v) is 29.5. The normalized spacial score (nSPS) is 12.7. The van der Waals surface area contributed by atoms with Crippen LogP contribution in [0, 0.1) is 0 Å². The smallest absolute Gasteiger partial charge is 0.143 e. The van der Waals surface area contributed by atoms with E-state index in [0.717, 1.165) is 65.7 Å². The molecule has 0 spiro atoms. The van der Waals surface area contributed by atoms with Crippen LogP contribution >= 0.6 is 0 Å². The predicted molar refractivity (Wildman–Crippen MR) is 229 cm³/mol. The number of para-hydroxylation sites is 3. The number of fused-ring (bicyclic) bond motifs is 7. The van der Waals surface area contributed by atoms with Crippen LogP contribution in [0.2, 0.25) is 0 Å². The standard InChI is InChI=1S/C52H33NO2/c1-2-12-34(13-3-1)35-24-28-39(29-25-35)53(40-30-26-36(27-31-40)41-18-10-20-45-43-17-7-9-22-48(43)55-52(41)45)47-21-8-6-16-42(47)44-19-11-23-49-51(44)46-32-37-14-4-5-15-38(37)33-50(46)54-49/h1-33H/i26D,27D,30D,31D. The van der Waals surface area contributed by atoms with Gasteiger partial charge >= 0.3 is 0 Å². The summed E-state index contributed by atoms with van der Waals surface area (Å²) in [4.78, 5) is 1.87. The van der Waals surface area contributed by atoms with Gasteiger partial charge in [0.25, 0.3) is 0 Å². The Morgan fingerprint density at radius 2 is 1.02 bits per heavy atom. The minimum atomic E-state index is -0.172. The Morgan fingerprint density at radius 3 is 1.87 bits per heavy atom. The van der Waals surface area contributed by atoms with E-state index >= 15 is 0 Å². The Balaban J connectivity index is 1.16. The van der Waals surface area contributed by atoms with E-state index in [9.17, 15) is 5.48 Å². The molecule has 2 aromatic heterocycles. The van der Waals surface area contributed by atoms with Gasteiger partial charge in [0.15, 0.2) is 0 Å². The van der Waals surface area contributed by atoms with Crippen LogP contribution in [0.25, 0.3) is 88.0 Å². The highest BCUT2D eigenvalue weighted by Crippen LogP contribution is 2.46. The van der Waals surface area contributed by atoms with Crippen molar-refractivity contribution in [3.8, 4) is 33.4 Å². The molecule has 11 aromatic rings. The van der Waals surface area contributed by atoms with Crippen LogP contribution in [0.4, 0.5) is 17.1 Å². The molecule has 0 aliphatic rings. The molecule has 0 atom stereocenters. The largest absolute Gasteiger partial charge is 0.456 e. The van der Waals surface area contributed by atoms with Crippen LogP contribution in [0.15, 0.2) is 209 Å². The van der Waals surface area contributed by atoms with Crippen LogP contribution in [0.1, 0.15) is 5.48 Å². The van der Waals surface area contributed by atoms with E-state index in [1.807, 2.05) is 138 Å². The molecule has 0 saturated heterocycles.